The average molecular weight is 335 g/mol. The van der Waals surface area contributed by atoms with Gasteiger partial charge in [0.25, 0.3) is 0 Å². The highest BCUT2D eigenvalue weighted by atomic mass is 16.5. The van der Waals surface area contributed by atoms with Gasteiger partial charge in [0.2, 0.25) is 11.9 Å². The first-order valence-electron chi connectivity index (χ1n) is 8.33. The first-order chi connectivity index (χ1) is 12.1. The van der Waals surface area contributed by atoms with Crippen LogP contribution in [0.15, 0.2) is 48.5 Å². The molecule has 1 aromatic heterocycles. The van der Waals surface area contributed by atoms with Crippen LogP contribution in [0.2, 0.25) is 0 Å². The molecule has 25 heavy (non-hydrogen) atoms. The lowest BCUT2D eigenvalue weighted by molar-refractivity contribution is 0.410. The molecule has 0 spiro atoms. The molecule has 128 valence electrons. The van der Waals surface area contributed by atoms with E-state index < -0.39 is 0 Å². The number of nitrogens with two attached hydrogens (primary N) is 1. The van der Waals surface area contributed by atoms with Crippen molar-refractivity contribution < 1.29 is 4.74 Å². The molecule has 0 saturated heterocycles. The summed E-state index contributed by atoms with van der Waals surface area (Å²) in [6.45, 7) is 2.10. The van der Waals surface area contributed by atoms with Crippen molar-refractivity contribution in [1.82, 2.24) is 14.8 Å². The summed E-state index contributed by atoms with van der Waals surface area (Å²) in [5.41, 5.74) is 9.45. The Morgan fingerprint density at radius 1 is 1.16 bits per heavy atom. The van der Waals surface area contributed by atoms with Crippen molar-refractivity contribution in [2.24, 2.45) is 0 Å². The standard InChI is InChI=1S/C19H21N5O/c1-12-5-3-7-14(9-12)17-11-16(13-6-4-8-15(10-13)25-2)21-19-22-18(20)23-24(17)19/h3-10,16-17H,11H2,1-2H3,(H3,20,21,22,23)/t16-,17+/m0/s1. The van der Waals surface area contributed by atoms with Gasteiger partial charge in [0.05, 0.1) is 19.2 Å². The summed E-state index contributed by atoms with van der Waals surface area (Å²) in [6, 6.07) is 16.8. The number of nitrogen functional groups attached to an aromatic ring is 1. The highest BCUT2D eigenvalue weighted by Gasteiger charge is 2.31. The minimum absolute atomic E-state index is 0.0807. The number of ether oxygens (including phenoxy) is 1. The molecule has 3 N–H and O–H groups in total. The van der Waals surface area contributed by atoms with Crippen molar-refractivity contribution in [3.63, 3.8) is 0 Å². The van der Waals surface area contributed by atoms with E-state index in [0.717, 1.165) is 17.7 Å². The Morgan fingerprint density at radius 3 is 2.76 bits per heavy atom. The van der Waals surface area contributed by atoms with Crippen molar-refractivity contribution in [3.05, 3.63) is 65.2 Å². The molecule has 0 aliphatic carbocycles. The monoisotopic (exact) mass is 335 g/mol. The molecule has 6 nitrogen and oxygen atoms in total. The highest BCUT2D eigenvalue weighted by molar-refractivity contribution is 5.43. The second-order valence-corrected chi connectivity index (χ2v) is 6.38. The summed E-state index contributed by atoms with van der Waals surface area (Å²) in [7, 11) is 1.68. The van der Waals surface area contributed by atoms with E-state index in [4.69, 9.17) is 10.5 Å². The van der Waals surface area contributed by atoms with E-state index in [0.29, 0.717) is 5.95 Å². The van der Waals surface area contributed by atoms with Crippen LogP contribution in [0.1, 0.15) is 35.2 Å². The van der Waals surface area contributed by atoms with Crippen molar-refractivity contribution in [2.45, 2.75) is 25.4 Å². The Hall–Kier alpha value is -3.02. The lowest BCUT2D eigenvalue weighted by Gasteiger charge is -2.32. The molecule has 0 saturated carbocycles. The number of nitrogens with one attached hydrogen (secondary N) is 1. The lowest BCUT2D eigenvalue weighted by Crippen LogP contribution is -2.28. The van der Waals surface area contributed by atoms with Crippen LogP contribution < -0.4 is 15.8 Å². The number of benzene rings is 2. The maximum absolute atomic E-state index is 5.86. The second-order valence-electron chi connectivity index (χ2n) is 6.38. The first-order valence-corrected chi connectivity index (χ1v) is 8.33. The quantitative estimate of drug-likeness (QED) is 0.768. The molecule has 4 rings (SSSR count). The van der Waals surface area contributed by atoms with E-state index >= 15 is 0 Å². The summed E-state index contributed by atoms with van der Waals surface area (Å²) in [4.78, 5) is 4.35. The third kappa shape index (κ3) is 2.91. The summed E-state index contributed by atoms with van der Waals surface area (Å²) >= 11 is 0. The fraction of sp³-hybridized carbons (Fsp3) is 0.263. The van der Waals surface area contributed by atoms with E-state index in [1.165, 1.54) is 11.1 Å². The summed E-state index contributed by atoms with van der Waals surface area (Å²) in [5, 5.41) is 7.85. The SMILES string of the molecule is COc1cccc([C@@H]2C[C@H](c3cccc(C)c3)n3nc(N)nc3N2)c1. The molecule has 0 amide bonds. The molecule has 6 heteroatoms. The van der Waals surface area contributed by atoms with Crippen LogP contribution in [0.4, 0.5) is 11.9 Å². The van der Waals surface area contributed by atoms with Gasteiger partial charge in [-0.3, -0.25) is 0 Å². The van der Waals surface area contributed by atoms with E-state index in [2.05, 4.69) is 58.7 Å². The lowest BCUT2D eigenvalue weighted by atomic mass is 9.92. The number of anilines is 2. The summed E-state index contributed by atoms with van der Waals surface area (Å²) < 4.78 is 7.26. The molecule has 2 aromatic carbocycles. The number of methoxy groups -OCH3 is 1. The normalized spacial score (nSPS) is 19.1. The molecule has 0 unspecified atom stereocenters. The van der Waals surface area contributed by atoms with Crippen LogP contribution in [0.3, 0.4) is 0 Å². The van der Waals surface area contributed by atoms with E-state index in [1.54, 1.807) is 7.11 Å². The molecule has 3 aromatic rings. The highest BCUT2D eigenvalue weighted by Crippen LogP contribution is 2.38. The van der Waals surface area contributed by atoms with Crippen molar-refractivity contribution in [1.29, 1.82) is 0 Å². The Kier molecular flexibility index (Phi) is 3.80. The number of fused-ring (bicyclic) bond motifs is 1. The molecule has 2 atom stereocenters. The van der Waals surface area contributed by atoms with Gasteiger partial charge in [0, 0.05) is 0 Å². The summed E-state index contributed by atoms with van der Waals surface area (Å²) in [6.07, 6.45) is 0.854. The maximum atomic E-state index is 5.86. The average Bonchev–Trinajstić information content (AvgIpc) is 3.01. The van der Waals surface area contributed by atoms with Crippen LogP contribution in [0.5, 0.6) is 5.75 Å². The van der Waals surface area contributed by atoms with Crippen LogP contribution in [-0.4, -0.2) is 21.9 Å². The van der Waals surface area contributed by atoms with Gasteiger partial charge in [0.1, 0.15) is 5.75 Å². The van der Waals surface area contributed by atoms with Crippen LogP contribution >= 0.6 is 0 Å². The number of rotatable bonds is 3. The fourth-order valence-electron chi connectivity index (χ4n) is 3.43. The fourth-order valence-corrected chi connectivity index (χ4v) is 3.43. The van der Waals surface area contributed by atoms with Gasteiger partial charge in [0.15, 0.2) is 0 Å². The van der Waals surface area contributed by atoms with E-state index in [9.17, 15) is 0 Å². The first kappa shape index (κ1) is 15.5. The van der Waals surface area contributed by atoms with Gasteiger partial charge in [-0.25, -0.2) is 4.68 Å². The largest absolute Gasteiger partial charge is 0.497 e. The minimum Gasteiger partial charge on any atom is -0.497 e. The molecule has 0 fully saturated rings. The van der Waals surface area contributed by atoms with Gasteiger partial charge >= 0.3 is 0 Å². The zero-order chi connectivity index (χ0) is 17.4. The predicted octanol–water partition coefficient (Wildman–Crippen LogP) is 3.32. The molecular formula is C19H21N5O. The number of aryl methyl sites for hydroxylation is 1. The predicted molar refractivity (Wildman–Crippen MR) is 97.7 cm³/mol. The second kappa shape index (κ2) is 6.12. The molecule has 0 bridgehead atoms. The van der Waals surface area contributed by atoms with Crippen molar-refractivity contribution in [2.75, 3.05) is 18.2 Å². The smallest absolute Gasteiger partial charge is 0.241 e. The molecular weight excluding hydrogens is 314 g/mol. The maximum Gasteiger partial charge on any atom is 0.241 e. The number of nitrogens with zero attached hydrogens (tertiary/aromatic N) is 3. The molecule has 1 aliphatic heterocycles. The zero-order valence-electron chi connectivity index (χ0n) is 14.3. The van der Waals surface area contributed by atoms with E-state index in [-0.39, 0.29) is 18.0 Å². The van der Waals surface area contributed by atoms with Crippen LogP contribution in [0, 0.1) is 6.92 Å². The van der Waals surface area contributed by atoms with Crippen LogP contribution in [-0.2, 0) is 0 Å². The Morgan fingerprint density at radius 2 is 1.96 bits per heavy atom. The summed E-state index contributed by atoms with van der Waals surface area (Å²) in [5.74, 6) is 1.83. The molecule has 1 aliphatic rings. The van der Waals surface area contributed by atoms with Crippen molar-refractivity contribution >= 4 is 11.9 Å². The van der Waals surface area contributed by atoms with Gasteiger partial charge in [-0.1, -0.05) is 42.0 Å². The third-order valence-corrected chi connectivity index (χ3v) is 4.63. The minimum atomic E-state index is 0.0807. The van der Waals surface area contributed by atoms with E-state index in [1.807, 2.05) is 16.8 Å². The molecule has 2 heterocycles. The Balaban J connectivity index is 1.76. The Labute approximate surface area is 146 Å². The molecule has 0 radical (unpaired) electrons. The zero-order valence-corrected chi connectivity index (χ0v) is 14.3. The van der Waals surface area contributed by atoms with Gasteiger partial charge in [-0.15, -0.1) is 5.10 Å². The number of hydrogen-bond acceptors (Lipinski definition) is 5. The van der Waals surface area contributed by atoms with Crippen molar-refractivity contribution in [3.8, 4) is 5.75 Å². The van der Waals surface area contributed by atoms with Gasteiger partial charge in [-0.2, -0.15) is 4.98 Å². The topological polar surface area (TPSA) is 78.0 Å². The number of hydrogen-bond donors (Lipinski definition) is 2. The Bertz CT molecular complexity index is 904. The third-order valence-electron chi connectivity index (χ3n) is 4.63. The number of aromatic nitrogens is 3. The van der Waals surface area contributed by atoms with Gasteiger partial charge < -0.3 is 15.8 Å². The van der Waals surface area contributed by atoms with Gasteiger partial charge in [-0.05, 0) is 36.6 Å². The van der Waals surface area contributed by atoms with Crippen LogP contribution in [0.25, 0.3) is 0 Å².